The maximum absolute atomic E-state index is 13.9. The Morgan fingerprint density at radius 3 is 2.38 bits per heavy atom. The van der Waals surface area contributed by atoms with E-state index < -0.39 is 26.3 Å². The van der Waals surface area contributed by atoms with Gasteiger partial charge in [0.15, 0.2) is 0 Å². The molecule has 0 atom stereocenters. The second kappa shape index (κ2) is 7.12. The lowest BCUT2D eigenvalue weighted by Crippen LogP contribution is -2.14. The molecule has 0 aliphatic heterocycles. The third kappa shape index (κ3) is 3.81. The van der Waals surface area contributed by atoms with Crippen LogP contribution in [0.4, 0.5) is 24.5 Å². The van der Waals surface area contributed by atoms with Crippen molar-refractivity contribution in [3.8, 4) is 0 Å². The number of halogens is 3. The summed E-state index contributed by atoms with van der Waals surface area (Å²) in [4.78, 5) is 1.14. The molecule has 0 radical (unpaired) electrons. The monoisotopic (exact) mass is 358 g/mol. The second-order valence-corrected chi connectivity index (χ2v) is 7.22. The van der Waals surface area contributed by atoms with E-state index in [1.807, 2.05) is 0 Å². The SMILES string of the molecule is CN(C)c1ccc(CNc2ccccc2S(=O)(=O)C(F)F)cc1F. The molecular formula is C16H17F3N2O2S. The Kier molecular flexibility index (Phi) is 5.38. The van der Waals surface area contributed by atoms with Crippen LogP contribution in [-0.2, 0) is 16.4 Å². The minimum absolute atomic E-state index is 0.0508. The third-order valence-electron chi connectivity index (χ3n) is 3.41. The molecule has 1 N–H and O–H groups in total. The number of para-hydroxylation sites is 1. The highest BCUT2D eigenvalue weighted by Crippen LogP contribution is 2.27. The number of benzene rings is 2. The van der Waals surface area contributed by atoms with Crippen molar-refractivity contribution in [1.29, 1.82) is 0 Å². The van der Waals surface area contributed by atoms with E-state index in [4.69, 9.17) is 0 Å². The van der Waals surface area contributed by atoms with Gasteiger partial charge >= 0.3 is 5.76 Å². The van der Waals surface area contributed by atoms with Crippen LogP contribution in [0.2, 0.25) is 0 Å². The van der Waals surface area contributed by atoms with Gasteiger partial charge in [-0.05, 0) is 29.8 Å². The molecule has 0 aliphatic rings. The third-order valence-corrected chi connectivity index (χ3v) is 4.84. The van der Waals surface area contributed by atoms with E-state index in [0.717, 1.165) is 6.07 Å². The minimum Gasteiger partial charge on any atom is -0.380 e. The maximum atomic E-state index is 13.9. The summed E-state index contributed by atoms with van der Waals surface area (Å²) in [5.74, 6) is -3.93. The normalized spacial score (nSPS) is 11.6. The van der Waals surface area contributed by atoms with Crippen LogP contribution in [0.25, 0.3) is 0 Å². The van der Waals surface area contributed by atoms with E-state index in [9.17, 15) is 21.6 Å². The predicted molar refractivity (Wildman–Crippen MR) is 87.7 cm³/mol. The summed E-state index contributed by atoms with van der Waals surface area (Å²) in [5, 5.41) is 2.77. The largest absolute Gasteiger partial charge is 0.380 e. The maximum Gasteiger partial charge on any atom is 0.341 e. The smallest absolute Gasteiger partial charge is 0.341 e. The zero-order valence-electron chi connectivity index (χ0n) is 13.1. The molecule has 24 heavy (non-hydrogen) atoms. The molecule has 2 rings (SSSR count). The van der Waals surface area contributed by atoms with Crippen LogP contribution in [0, 0.1) is 5.82 Å². The van der Waals surface area contributed by atoms with Crippen molar-refractivity contribution in [3.63, 3.8) is 0 Å². The fourth-order valence-corrected chi connectivity index (χ4v) is 3.08. The van der Waals surface area contributed by atoms with Gasteiger partial charge in [0.2, 0.25) is 9.84 Å². The van der Waals surface area contributed by atoms with Crippen LogP contribution in [0.1, 0.15) is 5.56 Å². The lowest BCUT2D eigenvalue weighted by atomic mass is 10.2. The summed E-state index contributed by atoms with van der Waals surface area (Å²) < 4.78 is 62.8. The molecule has 0 bridgehead atoms. The van der Waals surface area contributed by atoms with E-state index >= 15 is 0 Å². The zero-order valence-corrected chi connectivity index (χ0v) is 13.9. The molecule has 0 unspecified atom stereocenters. The van der Waals surface area contributed by atoms with Crippen molar-refractivity contribution in [1.82, 2.24) is 0 Å². The van der Waals surface area contributed by atoms with Crippen LogP contribution in [0.3, 0.4) is 0 Å². The Morgan fingerprint density at radius 2 is 1.79 bits per heavy atom. The molecule has 2 aromatic carbocycles. The van der Waals surface area contributed by atoms with Crippen LogP contribution >= 0.6 is 0 Å². The van der Waals surface area contributed by atoms with E-state index in [1.165, 1.54) is 24.3 Å². The predicted octanol–water partition coefficient (Wildman–Crippen LogP) is 3.50. The Hall–Kier alpha value is -2.22. The number of anilines is 2. The number of rotatable bonds is 6. The van der Waals surface area contributed by atoms with Gasteiger partial charge in [-0.25, -0.2) is 12.8 Å². The molecule has 0 fully saturated rings. The molecule has 0 aromatic heterocycles. The number of hydrogen-bond acceptors (Lipinski definition) is 4. The topological polar surface area (TPSA) is 49.4 Å². The van der Waals surface area contributed by atoms with Crippen LogP contribution in [0.15, 0.2) is 47.4 Å². The number of alkyl halides is 2. The molecule has 0 saturated heterocycles. The van der Waals surface area contributed by atoms with E-state index in [2.05, 4.69) is 5.32 Å². The van der Waals surface area contributed by atoms with Gasteiger partial charge in [-0.2, -0.15) is 8.78 Å². The van der Waals surface area contributed by atoms with Crippen molar-refractivity contribution in [2.24, 2.45) is 0 Å². The first-order chi connectivity index (χ1) is 11.2. The molecule has 130 valence electrons. The quantitative estimate of drug-likeness (QED) is 0.859. The van der Waals surface area contributed by atoms with E-state index in [-0.39, 0.29) is 12.2 Å². The summed E-state index contributed by atoms with van der Waals surface area (Å²) in [6.45, 7) is 0.0976. The van der Waals surface area contributed by atoms with Crippen LogP contribution in [0.5, 0.6) is 0 Å². The van der Waals surface area contributed by atoms with Crippen molar-refractivity contribution < 1.29 is 21.6 Å². The van der Waals surface area contributed by atoms with Gasteiger partial charge in [0.25, 0.3) is 0 Å². The Morgan fingerprint density at radius 1 is 1.12 bits per heavy atom. The van der Waals surface area contributed by atoms with E-state index in [1.54, 1.807) is 31.1 Å². The molecule has 2 aromatic rings. The van der Waals surface area contributed by atoms with Gasteiger partial charge < -0.3 is 10.2 Å². The summed E-state index contributed by atoms with van der Waals surface area (Å²) >= 11 is 0. The fraction of sp³-hybridized carbons (Fsp3) is 0.250. The summed E-state index contributed by atoms with van der Waals surface area (Å²) in [6.07, 6.45) is 0. The molecule has 0 aliphatic carbocycles. The highest BCUT2D eigenvalue weighted by Gasteiger charge is 2.28. The molecule has 8 heteroatoms. The van der Waals surface area contributed by atoms with Gasteiger partial charge in [-0.15, -0.1) is 0 Å². The molecule has 0 amide bonds. The van der Waals surface area contributed by atoms with E-state index in [0.29, 0.717) is 11.3 Å². The second-order valence-electron chi connectivity index (χ2n) is 5.34. The standard InChI is InChI=1S/C16H17F3N2O2S/c1-21(2)14-8-7-11(9-12(14)17)10-20-13-5-3-4-6-15(13)24(22,23)16(18)19/h3-9,16,20H,10H2,1-2H3. The number of sulfone groups is 1. The van der Waals surface area contributed by atoms with Crippen LogP contribution < -0.4 is 10.2 Å². The van der Waals surface area contributed by atoms with Crippen molar-refractivity contribution in [2.45, 2.75) is 17.2 Å². The van der Waals surface area contributed by atoms with Crippen LogP contribution in [-0.4, -0.2) is 28.3 Å². The average molecular weight is 358 g/mol. The average Bonchev–Trinajstić information content (AvgIpc) is 2.52. The molecule has 0 saturated carbocycles. The highest BCUT2D eigenvalue weighted by molar-refractivity contribution is 7.91. The van der Waals surface area contributed by atoms with Crippen molar-refractivity contribution >= 4 is 21.2 Å². The lowest BCUT2D eigenvalue weighted by molar-refractivity contribution is 0.235. The van der Waals surface area contributed by atoms with Gasteiger partial charge in [0, 0.05) is 20.6 Å². The Labute approximate surface area is 138 Å². The first-order valence-corrected chi connectivity index (χ1v) is 8.59. The Balaban J connectivity index is 2.24. The first kappa shape index (κ1) is 18.1. The summed E-state index contributed by atoms with van der Waals surface area (Å²) in [6, 6.07) is 9.98. The summed E-state index contributed by atoms with van der Waals surface area (Å²) in [5.41, 5.74) is 1.02. The minimum atomic E-state index is -4.71. The summed E-state index contributed by atoms with van der Waals surface area (Å²) in [7, 11) is -1.29. The fourth-order valence-electron chi connectivity index (χ4n) is 2.18. The highest BCUT2D eigenvalue weighted by atomic mass is 32.2. The lowest BCUT2D eigenvalue weighted by Gasteiger charge is -2.15. The zero-order chi connectivity index (χ0) is 17.9. The Bertz CT molecular complexity index is 824. The van der Waals surface area contributed by atoms with Gasteiger partial charge in [-0.1, -0.05) is 18.2 Å². The number of nitrogens with one attached hydrogen (secondary N) is 1. The first-order valence-electron chi connectivity index (χ1n) is 7.04. The van der Waals surface area contributed by atoms with Crippen molar-refractivity contribution in [2.75, 3.05) is 24.3 Å². The molecule has 0 heterocycles. The van der Waals surface area contributed by atoms with Gasteiger partial charge in [0.1, 0.15) is 5.82 Å². The number of hydrogen-bond donors (Lipinski definition) is 1. The number of nitrogens with zero attached hydrogens (tertiary/aromatic N) is 1. The van der Waals surface area contributed by atoms with Gasteiger partial charge in [-0.3, -0.25) is 0 Å². The molecular weight excluding hydrogens is 341 g/mol. The molecule has 4 nitrogen and oxygen atoms in total. The van der Waals surface area contributed by atoms with Gasteiger partial charge in [0.05, 0.1) is 16.3 Å². The van der Waals surface area contributed by atoms with Crippen molar-refractivity contribution in [3.05, 3.63) is 53.8 Å². The molecule has 0 spiro atoms.